The van der Waals surface area contributed by atoms with Gasteiger partial charge in [-0.05, 0) is 46.5 Å². The van der Waals surface area contributed by atoms with Crippen molar-refractivity contribution in [3.05, 3.63) is 57.8 Å². The second-order valence-electron chi connectivity index (χ2n) is 5.76. The van der Waals surface area contributed by atoms with Gasteiger partial charge in [0.1, 0.15) is 6.10 Å². The number of aryl methyl sites for hydroxylation is 1. The Balaban J connectivity index is 1.53. The highest BCUT2D eigenvalue weighted by Gasteiger charge is 2.25. The fourth-order valence-electron chi connectivity index (χ4n) is 2.76. The van der Waals surface area contributed by atoms with E-state index in [0.29, 0.717) is 32.5 Å². The van der Waals surface area contributed by atoms with E-state index >= 15 is 0 Å². The molecule has 0 saturated carbocycles. The first-order valence-corrected chi connectivity index (χ1v) is 8.81. The van der Waals surface area contributed by atoms with Crippen molar-refractivity contribution in [2.45, 2.75) is 18.9 Å². The molecule has 1 saturated heterocycles. The second kappa shape index (κ2) is 7.59. The lowest BCUT2D eigenvalue weighted by Gasteiger charge is -2.33. The number of carbonyl (C=O) groups excluding carboxylic acids is 1. The van der Waals surface area contributed by atoms with E-state index in [9.17, 15) is 9.59 Å². The number of amides is 1. The third-order valence-electron chi connectivity index (χ3n) is 4.16. The minimum Gasteiger partial charge on any atom is -0.478 e. The number of hydrogen-bond donors (Lipinski definition) is 1. The molecule has 1 atom stereocenters. The van der Waals surface area contributed by atoms with Crippen molar-refractivity contribution in [2.75, 3.05) is 19.7 Å². The summed E-state index contributed by atoms with van der Waals surface area (Å²) in [5.41, 5.74) is 2.36. The first kappa shape index (κ1) is 16.7. The molecule has 0 aliphatic carbocycles. The Hall–Kier alpha value is -2.18. The molecule has 6 heteroatoms. The number of carboxylic acids is 1. The Morgan fingerprint density at radius 3 is 2.71 bits per heavy atom. The molecule has 1 amide bonds. The average Bonchev–Trinajstić information content (AvgIpc) is 3.15. The number of hydrogen-bond acceptors (Lipinski definition) is 4. The van der Waals surface area contributed by atoms with Gasteiger partial charge in [0.2, 0.25) is 5.91 Å². The van der Waals surface area contributed by atoms with Gasteiger partial charge < -0.3 is 14.7 Å². The van der Waals surface area contributed by atoms with Crippen LogP contribution in [0.5, 0.6) is 0 Å². The summed E-state index contributed by atoms with van der Waals surface area (Å²) in [7, 11) is 0. The lowest BCUT2D eigenvalue weighted by Crippen LogP contribution is -2.42. The summed E-state index contributed by atoms with van der Waals surface area (Å²) in [6.45, 7) is 1.77. The number of ether oxygens (including phenoxy) is 1. The summed E-state index contributed by atoms with van der Waals surface area (Å²) in [5.74, 6) is -0.828. The predicted molar refractivity (Wildman–Crippen MR) is 91.3 cm³/mol. The predicted octanol–water partition coefficient (Wildman–Crippen LogP) is 2.98. The number of nitrogens with zero attached hydrogens (tertiary/aromatic N) is 1. The zero-order valence-electron chi connectivity index (χ0n) is 13.2. The Morgan fingerprint density at radius 1 is 1.25 bits per heavy atom. The normalized spacial score (nSPS) is 17.7. The smallest absolute Gasteiger partial charge is 0.335 e. The zero-order chi connectivity index (χ0) is 16.9. The van der Waals surface area contributed by atoms with E-state index in [2.05, 4.69) is 5.38 Å². The lowest BCUT2D eigenvalue weighted by atomic mass is 10.1. The third-order valence-corrected chi connectivity index (χ3v) is 4.86. The Bertz CT molecular complexity index is 696. The van der Waals surface area contributed by atoms with E-state index in [-0.39, 0.29) is 17.6 Å². The number of carbonyl (C=O) groups is 2. The number of benzene rings is 1. The molecule has 1 fully saturated rings. The highest BCUT2D eigenvalue weighted by atomic mass is 32.1. The molecule has 2 aromatic rings. The second-order valence-corrected chi connectivity index (χ2v) is 6.54. The van der Waals surface area contributed by atoms with Gasteiger partial charge in [-0.15, -0.1) is 0 Å². The van der Waals surface area contributed by atoms with E-state index < -0.39 is 5.97 Å². The Labute approximate surface area is 144 Å². The molecular weight excluding hydrogens is 326 g/mol. The van der Waals surface area contributed by atoms with E-state index in [1.54, 1.807) is 35.6 Å². The van der Waals surface area contributed by atoms with Gasteiger partial charge in [0.15, 0.2) is 0 Å². The fraction of sp³-hybridized carbons (Fsp3) is 0.333. The van der Waals surface area contributed by atoms with Gasteiger partial charge in [0.25, 0.3) is 0 Å². The summed E-state index contributed by atoms with van der Waals surface area (Å²) in [5, 5.41) is 13.0. The molecule has 1 aromatic heterocycles. The van der Waals surface area contributed by atoms with Crippen molar-refractivity contribution >= 4 is 23.2 Å². The molecule has 3 rings (SSSR count). The van der Waals surface area contributed by atoms with Crippen molar-refractivity contribution < 1.29 is 19.4 Å². The summed E-state index contributed by atoms with van der Waals surface area (Å²) in [6.07, 6.45) is 0.992. The highest BCUT2D eigenvalue weighted by Crippen LogP contribution is 2.24. The first-order chi connectivity index (χ1) is 11.6. The first-order valence-electron chi connectivity index (χ1n) is 7.87. The Kier molecular flexibility index (Phi) is 5.27. The van der Waals surface area contributed by atoms with Gasteiger partial charge in [0.05, 0.1) is 18.7 Å². The van der Waals surface area contributed by atoms with Crippen molar-refractivity contribution in [1.82, 2.24) is 4.90 Å². The summed E-state index contributed by atoms with van der Waals surface area (Å²) < 4.78 is 5.76. The maximum Gasteiger partial charge on any atom is 0.335 e. The molecule has 24 heavy (non-hydrogen) atoms. The Morgan fingerprint density at radius 2 is 2.04 bits per heavy atom. The number of thiophene rings is 1. The van der Waals surface area contributed by atoms with Crippen molar-refractivity contribution in [2.24, 2.45) is 0 Å². The molecular formula is C18H19NO4S. The molecule has 0 bridgehead atoms. The number of rotatable bonds is 5. The monoisotopic (exact) mass is 345 g/mol. The van der Waals surface area contributed by atoms with Gasteiger partial charge in [-0.25, -0.2) is 4.79 Å². The number of carboxylic acid groups (broad SMARTS) is 1. The molecule has 1 aromatic carbocycles. The maximum atomic E-state index is 12.4. The van der Waals surface area contributed by atoms with Crippen molar-refractivity contribution in [3.8, 4) is 0 Å². The third kappa shape index (κ3) is 4.01. The maximum absolute atomic E-state index is 12.4. The minimum atomic E-state index is -0.939. The van der Waals surface area contributed by atoms with Crippen LogP contribution in [0.15, 0.2) is 41.1 Å². The fourth-order valence-corrected chi connectivity index (χ4v) is 3.46. The zero-order valence-corrected chi connectivity index (χ0v) is 14.0. The van der Waals surface area contributed by atoms with Crippen LogP contribution in [-0.2, 0) is 16.0 Å². The SMILES string of the molecule is O=C(O)c1ccc(CCC(=O)N2CCOC(c3ccsc3)C2)cc1. The molecule has 1 N–H and O–H groups in total. The van der Waals surface area contributed by atoms with Crippen LogP contribution in [0.25, 0.3) is 0 Å². The topological polar surface area (TPSA) is 66.8 Å². The van der Waals surface area contributed by atoms with Gasteiger partial charge in [-0.1, -0.05) is 12.1 Å². The van der Waals surface area contributed by atoms with Crippen LogP contribution in [0, 0.1) is 0 Å². The molecule has 1 unspecified atom stereocenters. The van der Waals surface area contributed by atoms with Crippen LogP contribution in [0.2, 0.25) is 0 Å². The van der Waals surface area contributed by atoms with E-state index in [1.165, 1.54) is 0 Å². The quantitative estimate of drug-likeness (QED) is 0.905. The van der Waals surface area contributed by atoms with E-state index in [4.69, 9.17) is 9.84 Å². The van der Waals surface area contributed by atoms with Gasteiger partial charge in [-0.3, -0.25) is 4.79 Å². The van der Waals surface area contributed by atoms with Gasteiger partial charge in [0, 0.05) is 13.0 Å². The molecule has 0 radical (unpaired) electrons. The van der Waals surface area contributed by atoms with Crippen LogP contribution in [0.3, 0.4) is 0 Å². The number of morpholine rings is 1. The molecule has 1 aliphatic rings. The van der Waals surface area contributed by atoms with Crippen LogP contribution < -0.4 is 0 Å². The van der Waals surface area contributed by atoms with Crippen molar-refractivity contribution in [3.63, 3.8) is 0 Å². The number of aromatic carboxylic acids is 1. The minimum absolute atomic E-state index is 0.0381. The summed E-state index contributed by atoms with van der Waals surface area (Å²) in [4.78, 5) is 25.1. The molecule has 0 spiro atoms. The van der Waals surface area contributed by atoms with Crippen LogP contribution >= 0.6 is 11.3 Å². The van der Waals surface area contributed by atoms with E-state index in [0.717, 1.165) is 11.1 Å². The standard InChI is InChI=1S/C18H19NO4S/c20-17(6-3-13-1-4-14(5-2-13)18(21)22)19-8-9-23-16(11-19)15-7-10-24-12-15/h1-2,4-5,7,10,12,16H,3,6,8-9,11H2,(H,21,22). The largest absolute Gasteiger partial charge is 0.478 e. The molecule has 2 heterocycles. The van der Waals surface area contributed by atoms with Crippen LogP contribution in [0.4, 0.5) is 0 Å². The van der Waals surface area contributed by atoms with Crippen LogP contribution in [0.1, 0.15) is 34.0 Å². The summed E-state index contributed by atoms with van der Waals surface area (Å²) >= 11 is 1.63. The highest BCUT2D eigenvalue weighted by molar-refractivity contribution is 7.07. The molecule has 1 aliphatic heterocycles. The molecule has 126 valence electrons. The van der Waals surface area contributed by atoms with E-state index in [1.807, 2.05) is 16.3 Å². The lowest BCUT2D eigenvalue weighted by molar-refractivity contribution is -0.139. The van der Waals surface area contributed by atoms with Crippen molar-refractivity contribution in [1.29, 1.82) is 0 Å². The summed E-state index contributed by atoms with van der Waals surface area (Å²) in [6, 6.07) is 8.72. The average molecular weight is 345 g/mol. The van der Waals surface area contributed by atoms with Gasteiger partial charge in [-0.2, -0.15) is 11.3 Å². The molecule has 5 nitrogen and oxygen atoms in total. The van der Waals surface area contributed by atoms with Gasteiger partial charge >= 0.3 is 5.97 Å². The van der Waals surface area contributed by atoms with Crippen LogP contribution in [-0.4, -0.2) is 41.6 Å².